The van der Waals surface area contributed by atoms with Gasteiger partial charge in [0.25, 0.3) is 11.8 Å². The van der Waals surface area contributed by atoms with E-state index in [1.807, 2.05) is 71.1 Å². The Morgan fingerprint density at radius 1 is 0.957 bits per heavy atom. The molecule has 0 radical (unpaired) electrons. The van der Waals surface area contributed by atoms with E-state index in [1.165, 1.54) is 0 Å². The first kappa shape index (κ1) is 31.9. The van der Waals surface area contributed by atoms with E-state index < -0.39 is 0 Å². The van der Waals surface area contributed by atoms with Gasteiger partial charge in [-0.05, 0) is 67.8 Å². The number of ether oxygens (including phenoxy) is 1. The normalized spacial score (nSPS) is 13.7. The molecule has 10 heteroatoms. The third kappa shape index (κ3) is 7.20. The lowest BCUT2D eigenvalue weighted by molar-refractivity contribution is 0.0666. The number of methoxy groups -OCH3 is 1. The number of nitrogens with zero attached hydrogens (tertiary/aromatic N) is 5. The third-order valence-corrected chi connectivity index (χ3v) is 8.94. The molecule has 1 aliphatic carbocycles. The number of hydrogen-bond acceptors (Lipinski definition) is 6. The van der Waals surface area contributed by atoms with E-state index in [9.17, 15) is 9.59 Å². The molecule has 240 valence electrons. The predicted octanol–water partition coefficient (Wildman–Crippen LogP) is 7.25. The van der Waals surface area contributed by atoms with E-state index in [0.717, 1.165) is 42.4 Å². The summed E-state index contributed by atoms with van der Waals surface area (Å²) in [4.78, 5) is 38.9. The lowest BCUT2D eigenvalue weighted by Crippen LogP contribution is -2.42. The van der Waals surface area contributed by atoms with Gasteiger partial charge < -0.3 is 15.0 Å². The predicted molar refractivity (Wildman–Crippen MR) is 182 cm³/mol. The maximum Gasteiger partial charge on any atom is 0.254 e. The molecule has 1 aliphatic rings. The Hall–Kier alpha value is -5.02. The molecule has 0 aliphatic heterocycles. The van der Waals surface area contributed by atoms with Gasteiger partial charge in [-0.15, -0.1) is 0 Å². The molecule has 3 aromatic carbocycles. The van der Waals surface area contributed by atoms with Gasteiger partial charge in [0.1, 0.15) is 5.75 Å². The summed E-state index contributed by atoms with van der Waals surface area (Å²) >= 11 is 6.51. The number of rotatable bonds is 11. The van der Waals surface area contributed by atoms with E-state index in [0.29, 0.717) is 46.6 Å². The van der Waals surface area contributed by atoms with Crippen LogP contribution in [0.25, 0.3) is 22.8 Å². The number of pyridine rings is 1. The highest BCUT2D eigenvalue weighted by atomic mass is 35.5. The largest absolute Gasteiger partial charge is 0.495 e. The summed E-state index contributed by atoms with van der Waals surface area (Å²) in [5, 5.41) is 8.41. The zero-order chi connectivity index (χ0) is 32.8. The molecule has 1 saturated carbocycles. The van der Waals surface area contributed by atoms with E-state index >= 15 is 0 Å². The Morgan fingerprint density at radius 3 is 2.36 bits per heavy atom. The van der Waals surface area contributed by atoms with E-state index in [1.54, 1.807) is 49.8 Å². The molecular weight excluding hydrogens is 612 g/mol. The second kappa shape index (κ2) is 14.6. The molecule has 2 heterocycles. The first-order valence-electron chi connectivity index (χ1n) is 15.9. The van der Waals surface area contributed by atoms with Crippen molar-refractivity contribution >= 4 is 23.4 Å². The molecule has 0 spiro atoms. The molecule has 5 aromatic rings. The molecule has 6 rings (SSSR count). The van der Waals surface area contributed by atoms with Gasteiger partial charge in [0.2, 0.25) is 0 Å². The summed E-state index contributed by atoms with van der Waals surface area (Å²) < 4.78 is 7.18. The molecule has 1 N–H and O–H groups in total. The fraction of sp³-hybridized carbons (Fsp3) is 0.270. The summed E-state index contributed by atoms with van der Waals surface area (Å²) in [6.45, 7) is 2.71. The monoisotopic (exact) mass is 648 g/mol. The first-order chi connectivity index (χ1) is 22.9. The number of halogens is 1. The molecule has 47 heavy (non-hydrogen) atoms. The summed E-state index contributed by atoms with van der Waals surface area (Å²) in [5.74, 6) is 1.28. The molecule has 0 unspecified atom stereocenters. The molecule has 0 bridgehead atoms. The fourth-order valence-corrected chi connectivity index (χ4v) is 6.39. The Labute approximate surface area is 279 Å². The van der Waals surface area contributed by atoms with Crippen molar-refractivity contribution in [3.63, 3.8) is 0 Å². The highest BCUT2D eigenvalue weighted by molar-refractivity contribution is 6.32. The summed E-state index contributed by atoms with van der Waals surface area (Å²) in [7, 11) is 1.57. The number of amides is 2. The second-order valence-corrected chi connectivity index (χ2v) is 12.1. The third-order valence-electron chi connectivity index (χ3n) is 8.65. The zero-order valence-corrected chi connectivity index (χ0v) is 27.2. The van der Waals surface area contributed by atoms with Crippen molar-refractivity contribution < 1.29 is 14.3 Å². The van der Waals surface area contributed by atoms with Gasteiger partial charge in [0.05, 0.1) is 35.8 Å². The van der Waals surface area contributed by atoms with Crippen molar-refractivity contribution in [3.8, 4) is 28.5 Å². The quantitative estimate of drug-likeness (QED) is 0.162. The van der Waals surface area contributed by atoms with Crippen LogP contribution in [-0.4, -0.2) is 56.2 Å². The van der Waals surface area contributed by atoms with Crippen LogP contribution in [0.2, 0.25) is 5.02 Å². The topological polar surface area (TPSA) is 102 Å². The Balaban J connectivity index is 1.30. The second-order valence-electron chi connectivity index (χ2n) is 11.7. The van der Waals surface area contributed by atoms with Crippen molar-refractivity contribution in [2.45, 2.75) is 51.2 Å². The van der Waals surface area contributed by atoms with Crippen LogP contribution < -0.4 is 10.1 Å². The number of carbonyl (C=O) groups excluding carboxylic acids is 2. The van der Waals surface area contributed by atoms with Crippen LogP contribution in [-0.2, 0) is 6.54 Å². The van der Waals surface area contributed by atoms with Crippen molar-refractivity contribution in [2.75, 3.05) is 13.7 Å². The van der Waals surface area contributed by atoms with Crippen LogP contribution >= 0.6 is 11.6 Å². The average Bonchev–Trinajstić information content (AvgIpc) is 3.80. The van der Waals surface area contributed by atoms with Crippen LogP contribution in [0.5, 0.6) is 5.75 Å². The highest BCUT2D eigenvalue weighted by Gasteiger charge is 2.30. The van der Waals surface area contributed by atoms with E-state index in [-0.39, 0.29) is 23.9 Å². The van der Waals surface area contributed by atoms with Gasteiger partial charge >= 0.3 is 0 Å². The van der Waals surface area contributed by atoms with Crippen molar-refractivity contribution in [3.05, 3.63) is 119 Å². The lowest BCUT2D eigenvalue weighted by atomic mass is 10.0. The van der Waals surface area contributed by atoms with Crippen LogP contribution in [0.1, 0.15) is 64.9 Å². The minimum Gasteiger partial charge on any atom is -0.495 e. The number of aromatic nitrogens is 4. The maximum atomic E-state index is 14.4. The van der Waals surface area contributed by atoms with Gasteiger partial charge in [-0.1, -0.05) is 66.9 Å². The lowest BCUT2D eigenvalue weighted by Gasteiger charge is -2.30. The molecule has 2 aromatic heterocycles. The standard InChI is InChI=1S/C37H37ClN6O3/c1-25(26-10-4-3-5-11-26)40-36(45)30-14-8-9-15-31(30)37(46)43(29-12-6-7-13-29)22-23-44-35(28-16-17-33(47-2)32(38)24-28)41-34(42-44)27-18-20-39-21-19-27/h3-5,8-11,14-21,24-25,29H,6-7,12-13,22-23H2,1-2H3,(H,40,45)/t25-/m0/s1. The number of benzene rings is 3. The minimum atomic E-state index is -0.284. The molecule has 1 atom stereocenters. The van der Waals surface area contributed by atoms with Gasteiger partial charge in [-0.25, -0.2) is 9.67 Å². The van der Waals surface area contributed by atoms with Crippen LogP contribution in [0.3, 0.4) is 0 Å². The molecular formula is C37H37ClN6O3. The van der Waals surface area contributed by atoms with Gasteiger partial charge in [0.15, 0.2) is 11.6 Å². The zero-order valence-electron chi connectivity index (χ0n) is 26.5. The highest BCUT2D eigenvalue weighted by Crippen LogP contribution is 2.31. The van der Waals surface area contributed by atoms with Crippen molar-refractivity contribution in [1.29, 1.82) is 0 Å². The SMILES string of the molecule is COc1ccc(-c2nc(-c3ccncc3)nn2CCN(C(=O)c2ccccc2C(=O)N[C@@H](C)c2ccccc2)C2CCCC2)cc1Cl. The Kier molecular flexibility index (Phi) is 9.92. The molecule has 2 amide bonds. The average molecular weight is 649 g/mol. The van der Waals surface area contributed by atoms with Crippen LogP contribution in [0.15, 0.2) is 97.3 Å². The van der Waals surface area contributed by atoms with Gasteiger partial charge in [-0.2, -0.15) is 5.10 Å². The number of hydrogen-bond donors (Lipinski definition) is 1. The van der Waals surface area contributed by atoms with E-state index in [4.69, 9.17) is 26.4 Å². The fourth-order valence-electron chi connectivity index (χ4n) is 6.13. The number of carbonyl (C=O) groups is 2. The van der Waals surface area contributed by atoms with Crippen molar-refractivity contribution in [1.82, 2.24) is 30.0 Å². The molecule has 1 fully saturated rings. The summed E-state index contributed by atoms with van der Waals surface area (Å²) in [6, 6.07) is 25.9. The maximum absolute atomic E-state index is 14.4. The van der Waals surface area contributed by atoms with Gasteiger partial charge in [0, 0.05) is 36.1 Å². The van der Waals surface area contributed by atoms with Crippen LogP contribution in [0, 0.1) is 0 Å². The van der Waals surface area contributed by atoms with Gasteiger partial charge in [-0.3, -0.25) is 14.6 Å². The summed E-state index contributed by atoms with van der Waals surface area (Å²) in [5.41, 5.74) is 3.34. The van der Waals surface area contributed by atoms with Crippen LogP contribution in [0.4, 0.5) is 0 Å². The van der Waals surface area contributed by atoms with E-state index in [2.05, 4.69) is 10.3 Å². The summed E-state index contributed by atoms with van der Waals surface area (Å²) in [6.07, 6.45) is 7.33. The molecule has 0 saturated heterocycles. The minimum absolute atomic E-state index is 0.0592. The smallest absolute Gasteiger partial charge is 0.254 e. The Morgan fingerprint density at radius 2 is 1.66 bits per heavy atom. The first-order valence-corrected chi connectivity index (χ1v) is 16.3. The Bertz CT molecular complexity index is 1840. The van der Waals surface area contributed by atoms with Crippen molar-refractivity contribution in [2.24, 2.45) is 0 Å². The number of nitrogens with one attached hydrogen (secondary N) is 1. The molecule has 9 nitrogen and oxygen atoms in total.